The van der Waals surface area contributed by atoms with E-state index in [1.165, 1.54) is 23.9 Å². The molecule has 0 saturated heterocycles. The lowest BCUT2D eigenvalue weighted by Crippen LogP contribution is -2.15. The number of benzene rings is 1. The van der Waals surface area contributed by atoms with Gasteiger partial charge >= 0.3 is 6.18 Å². The Balaban J connectivity index is 1.92. The van der Waals surface area contributed by atoms with E-state index in [0.29, 0.717) is 5.16 Å². The van der Waals surface area contributed by atoms with Gasteiger partial charge in [0.15, 0.2) is 5.16 Å². The van der Waals surface area contributed by atoms with Gasteiger partial charge in [-0.1, -0.05) is 31.2 Å². The van der Waals surface area contributed by atoms with Gasteiger partial charge in [0, 0.05) is 19.2 Å². The second-order valence-corrected chi connectivity index (χ2v) is 6.42. The molecule has 0 unspecified atom stereocenters. The van der Waals surface area contributed by atoms with Crippen LogP contribution in [-0.4, -0.2) is 26.4 Å². The van der Waals surface area contributed by atoms with Crippen LogP contribution in [0, 0.1) is 0 Å². The number of hydrogen-bond acceptors (Lipinski definition) is 4. The molecule has 2 rings (SSSR count). The molecule has 0 aliphatic carbocycles. The third kappa shape index (κ3) is 5.48. The van der Waals surface area contributed by atoms with E-state index >= 15 is 0 Å². The molecule has 25 heavy (non-hydrogen) atoms. The number of alkyl halides is 3. The molecule has 5 nitrogen and oxygen atoms in total. The van der Waals surface area contributed by atoms with E-state index in [-0.39, 0.29) is 11.4 Å². The first-order chi connectivity index (χ1) is 11.8. The minimum atomic E-state index is -4.44. The molecule has 136 valence electrons. The third-order valence-electron chi connectivity index (χ3n) is 3.49. The van der Waals surface area contributed by atoms with E-state index < -0.39 is 17.6 Å². The molecule has 0 fully saturated rings. The van der Waals surface area contributed by atoms with Crippen LogP contribution in [0.2, 0.25) is 0 Å². The SMILES string of the molecule is CCCCc1nnc(SCC(=O)Nc2cccc(C(F)(F)F)c2)n1C. The number of thioether (sulfide) groups is 1. The lowest BCUT2D eigenvalue weighted by atomic mass is 10.2. The van der Waals surface area contributed by atoms with Crippen LogP contribution in [0.5, 0.6) is 0 Å². The van der Waals surface area contributed by atoms with Crippen molar-refractivity contribution >= 4 is 23.4 Å². The van der Waals surface area contributed by atoms with Gasteiger partial charge in [0.1, 0.15) is 5.82 Å². The molecular weight excluding hydrogens is 353 g/mol. The first-order valence-corrected chi connectivity index (χ1v) is 8.78. The van der Waals surface area contributed by atoms with Gasteiger partial charge in [0.05, 0.1) is 11.3 Å². The molecule has 0 spiro atoms. The Morgan fingerprint density at radius 2 is 2.08 bits per heavy atom. The minimum absolute atomic E-state index is 0.0377. The average molecular weight is 372 g/mol. The lowest BCUT2D eigenvalue weighted by Gasteiger charge is -2.09. The van der Waals surface area contributed by atoms with Gasteiger partial charge in [-0.15, -0.1) is 10.2 Å². The fraction of sp³-hybridized carbons (Fsp3) is 0.438. The summed E-state index contributed by atoms with van der Waals surface area (Å²) in [5.41, 5.74) is -0.686. The van der Waals surface area contributed by atoms with E-state index in [4.69, 9.17) is 0 Å². The Kier molecular flexibility index (Phi) is 6.46. The van der Waals surface area contributed by atoms with Crippen LogP contribution in [0.1, 0.15) is 31.2 Å². The fourth-order valence-electron chi connectivity index (χ4n) is 2.12. The number of hydrogen-bond donors (Lipinski definition) is 1. The molecule has 0 aliphatic rings. The maximum absolute atomic E-state index is 12.7. The Labute approximate surface area is 148 Å². The molecule has 1 heterocycles. The van der Waals surface area contributed by atoms with Crippen molar-refractivity contribution < 1.29 is 18.0 Å². The predicted molar refractivity (Wildman–Crippen MR) is 90.4 cm³/mol. The second-order valence-electron chi connectivity index (χ2n) is 5.48. The van der Waals surface area contributed by atoms with Crippen molar-refractivity contribution in [2.45, 2.75) is 37.5 Å². The van der Waals surface area contributed by atoms with Crippen molar-refractivity contribution in [3.05, 3.63) is 35.7 Å². The number of nitrogens with one attached hydrogen (secondary N) is 1. The Morgan fingerprint density at radius 3 is 2.76 bits per heavy atom. The zero-order chi connectivity index (χ0) is 18.4. The summed E-state index contributed by atoms with van der Waals surface area (Å²) in [7, 11) is 1.83. The topological polar surface area (TPSA) is 59.8 Å². The summed E-state index contributed by atoms with van der Waals surface area (Å²) < 4.78 is 39.9. The zero-order valence-electron chi connectivity index (χ0n) is 13.9. The van der Waals surface area contributed by atoms with Crippen molar-refractivity contribution in [1.82, 2.24) is 14.8 Å². The largest absolute Gasteiger partial charge is 0.416 e. The zero-order valence-corrected chi connectivity index (χ0v) is 14.7. The van der Waals surface area contributed by atoms with Gasteiger partial charge in [-0.05, 0) is 24.6 Å². The molecule has 0 aliphatic heterocycles. The van der Waals surface area contributed by atoms with Crippen molar-refractivity contribution in [1.29, 1.82) is 0 Å². The van der Waals surface area contributed by atoms with Gasteiger partial charge in [0.25, 0.3) is 0 Å². The van der Waals surface area contributed by atoms with E-state index in [0.717, 1.165) is 37.2 Å². The highest BCUT2D eigenvalue weighted by Crippen LogP contribution is 2.30. The summed E-state index contributed by atoms with van der Waals surface area (Å²) in [5, 5.41) is 11.2. The van der Waals surface area contributed by atoms with E-state index in [9.17, 15) is 18.0 Å². The Hall–Kier alpha value is -2.03. The number of unbranched alkanes of at least 4 members (excludes halogenated alkanes) is 1. The highest BCUT2D eigenvalue weighted by Gasteiger charge is 2.30. The molecule has 0 saturated carbocycles. The molecule has 0 atom stereocenters. The number of aromatic nitrogens is 3. The number of rotatable bonds is 7. The van der Waals surface area contributed by atoms with Gasteiger partial charge in [-0.3, -0.25) is 4.79 Å². The second kappa shape index (κ2) is 8.37. The van der Waals surface area contributed by atoms with Crippen LogP contribution >= 0.6 is 11.8 Å². The number of aryl methyl sites for hydroxylation is 1. The highest BCUT2D eigenvalue weighted by atomic mass is 32.2. The predicted octanol–water partition coefficient (Wildman–Crippen LogP) is 3.91. The van der Waals surface area contributed by atoms with Gasteiger partial charge in [0.2, 0.25) is 5.91 Å². The lowest BCUT2D eigenvalue weighted by molar-refractivity contribution is -0.137. The third-order valence-corrected chi connectivity index (χ3v) is 4.51. The van der Waals surface area contributed by atoms with Crippen molar-refractivity contribution in [3.63, 3.8) is 0 Å². The number of halogens is 3. The minimum Gasteiger partial charge on any atom is -0.325 e. The summed E-state index contributed by atoms with van der Waals surface area (Å²) in [6.45, 7) is 2.09. The first kappa shape index (κ1) is 19.3. The summed E-state index contributed by atoms with van der Waals surface area (Å²) in [5.74, 6) is 0.487. The van der Waals surface area contributed by atoms with E-state index in [1.54, 1.807) is 0 Å². The molecule has 9 heteroatoms. The summed E-state index contributed by atoms with van der Waals surface area (Å²) in [6.07, 6.45) is -1.57. The van der Waals surface area contributed by atoms with Crippen LogP contribution in [0.3, 0.4) is 0 Å². The molecule has 1 aromatic heterocycles. The molecule has 1 aromatic carbocycles. The standard InChI is InChI=1S/C16H19F3N4OS/c1-3-4-8-13-21-22-15(23(13)2)25-10-14(24)20-12-7-5-6-11(9-12)16(17,18)19/h5-7,9H,3-4,8,10H2,1-2H3,(H,20,24). The van der Waals surface area contributed by atoms with Crippen LogP contribution < -0.4 is 5.32 Å². The highest BCUT2D eigenvalue weighted by molar-refractivity contribution is 7.99. The van der Waals surface area contributed by atoms with E-state index in [2.05, 4.69) is 22.4 Å². The number of anilines is 1. The van der Waals surface area contributed by atoms with Crippen molar-refractivity contribution in [2.75, 3.05) is 11.1 Å². The molecular formula is C16H19F3N4OS. The van der Waals surface area contributed by atoms with Crippen LogP contribution in [0.25, 0.3) is 0 Å². The van der Waals surface area contributed by atoms with Gasteiger partial charge in [-0.25, -0.2) is 0 Å². The first-order valence-electron chi connectivity index (χ1n) is 7.79. The monoisotopic (exact) mass is 372 g/mol. The maximum Gasteiger partial charge on any atom is 0.416 e. The maximum atomic E-state index is 12.7. The number of carbonyl (C=O) groups is 1. The molecule has 2 aromatic rings. The normalized spacial score (nSPS) is 11.6. The Bertz CT molecular complexity index is 730. The van der Waals surface area contributed by atoms with Crippen LogP contribution in [-0.2, 0) is 24.4 Å². The molecule has 0 bridgehead atoms. The summed E-state index contributed by atoms with van der Waals surface area (Å²) >= 11 is 1.19. The Morgan fingerprint density at radius 1 is 1.32 bits per heavy atom. The number of nitrogens with zero attached hydrogens (tertiary/aromatic N) is 3. The molecule has 0 radical (unpaired) electrons. The molecule has 1 N–H and O–H groups in total. The summed E-state index contributed by atoms with van der Waals surface area (Å²) in [4.78, 5) is 12.0. The van der Waals surface area contributed by atoms with Crippen LogP contribution in [0.15, 0.2) is 29.4 Å². The van der Waals surface area contributed by atoms with Gasteiger partial charge in [-0.2, -0.15) is 13.2 Å². The van der Waals surface area contributed by atoms with Crippen molar-refractivity contribution in [2.24, 2.45) is 7.05 Å². The molecule has 1 amide bonds. The van der Waals surface area contributed by atoms with Crippen LogP contribution in [0.4, 0.5) is 18.9 Å². The fourth-order valence-corrected chi connectivity index (χ4v) is 2.85. The number of carbonyl (C=O) groups excluding carboxylic acids is 1. The average Bonchev–Trinajstić information content (AvgIpc) is 2.90. The smallest absolute Gasteiger partial charge is 0.325 e. The quantitative estimate of drug-likeness (QED) is 0.749. The summed E-state index contributed by atoms with van der Waals surface area (Å²) in [6, 6.07) is 4.55. The van der Waals surface area contributed by atoms with E-state index in [1.807, 2.05) is 11.6 Å². The van der Waals surface area contributed by atoms with Gasteiger partial charge < -0.3 is 9.88 Å². The van der Waals surface area contributed by atoms with Crippen molar-refractivity contribution in [3.8, 4) is 0 Å². The number of amides is 1.